The minimum absolute atomic E-state index is 0.0343. The van der Waals surface area contributed by atoms with Crippen LogP contribution in [-0.2, 0) is 4.79 Å². The van der Waals surface area contributed by atoms with Crippen LogP contribution in [0.3, 0.4) is 0 Å². The lowest BCUT2D eigenvalue weighted by Crippen LogP contribution is -2.13. The third-order valence-electron chi connectivity index (χ3n) is 2.94. The minimum Gasteiger partial charge on any atom is -0.325 e. The summed E-state index contributed by atoms with van der Waals surface area (Å²) >= 11 is 11.9. The summed E-state index contributed by atoms with van der Waals surface area (Å²) in [6, 6.07) is 8.06. The van der Waals surface area contributed by atoms with Gasteiger partial charge in [-0.15, -0.1) is 0 Å². The van der Waals surface area contributed by atoms with Crippen LogP contribution >= 0.6 is 23.2 Å². The van der Waals surface area contributed by atoms with Crippen molar-refractivity contribution in [2.24, 2.45) is 0 Å². The van der Waals surface area contributed by atoms with E-state index >= 15 is 0 Å². The molecule has 0 heterocycles. The molecule has 0 radical (unpaired) electrons. The van der Waals surface area contributed by atoms with Crippen LogP contribution in [0.5, 0.6) is 0 Å². The smallest absolute Gasteiger partial charge is 0.270 e. The van der Waals surface area contributed by atoms with Gasteiger partial charge in [0.1, 0.15) is 0 Å². The molecule has 7 nitrogen and oxygen atoms in total. The predicted molar refractivity (Wildman–Crippen MR) is 91.8 cm³/mol. The zero-order valence-electron chi connectivity index (χ0n) is 12.3. The van der Waals surface area contributed by atoms with Crippen molar-refractivity contribution in [1.82, 2.24) is 0 Å². The van der Waals surface area contributed by atoms with Gasteiger partial charge in [-0.3, -0.25) is 19.7 Å². The van der Waals surface area contributed by atoms with Gasteiger partial charge in [-0.2, -0.15) is 0 Å². The van der Waals surface area contributed by atoms with E-state index in [1.807, 2.05) is 0 Å². The molecule has 0 fully saturated rings. The number of benzene rings is 2. The monoisotopic (exact) mass is 367 g/mol. The normalized spacial score (nSPS) is 10.1. The number of anilines is 2. The highest BCUT2D eigenvalue weighted by molar-refractivity contribution is 6.35. The summed E-state index contributed by atoms with van der Waals surface area (Å²) in [4.78, 5) is 33.5. The maximum absolute atomic E-state index is 12.3. The van der Waals surface area contributed by atoms with Crippen LogP contribution in [0.25, 0.3) is 0 Å². The van der Waals surface area contributed by atoms with Crippen molar-refractivity contribution in [3.63, 3.8) is 0 Å². The highest BCUT2D eigenvalue weighted by atomic mass is 35.5. The van der Waals surface area contributed by atoms with Crippen molar-refractivity contribution < 1.29 is 14.5 Å². The molecule has 24 heavy (non-hydrogen) atoms. The fraction of sp³-hybridized carbons (Fsp3) is 0.0667. The van der Waals surface area contributed by atoms with E-state index in [1.54, 1.807) is 0 Å². The number of carbonyl (C=O) groups is 2. The van der Waals surface area contributed by atoms with Gasteiger partial charge >= 0.3 is 0 Å². The van der Waals surface area contributed by atoms with Crippen molar-refractivity contribution in [2.75, 3.05) is 10.6 Å². The summed E-state index contributed by atoms with van der Waals surface area (Å²) in [6.07, 6.45) is 0. The number of carbonyl (C=O) groups excluding carboxylic acids is 2. The molecule has 0 saturated carbocycles. The lowest BCUT2D eigenvalue weighted by Gasteiger charge is -2.10. The standard InChI is InChI=1S/C15H11Cl2N3O4/c1-8(21)18-14-5-2-9(6-13(14)17)19-15(22)11-7-10(20(23)24)3-4-12(11)16/h2-7H,1H3,(H,18,21)(H,19,22). The van der Waals surface area contributed by atoms with Crippen LogP contribution in [0.2, 0.25) is 10.0 Å². The number of nitro benzene ring substituents is 1. The summed E-state index contributed by atoms with van der Waals surface area (Å²) in [5.74, 6) is -0.899. The molecule has 2 aromatic carbocycles. The van der Waals surface area contributed by atoms with Crippen molar-refractivity contribution in [3.05, 3.63) is 62.1 Å². The molecule has 0 saturated heterocycles. The van der Waals surface area contributed by atoms with Gasteiger partial charge in [0.25, 0.3) is 11.6 Å². The van der Waals surface area contributed by atoms with Crippen molar-refractivity contribution >= 4 is 52.1 Å². The summed E-state index contributed by atoms with van der Waals surface area (Å²) in [6.45, 7) is 1.34. The lowest BCUT2D eigenvalue weighted by molar-refractivity contribution is -0.384. The van der Waals surface area contributed by atoms with E-state index in [1.165, 1.54) is 37.3 Å². The first-order valence-corrected chi connectivity index (χ1v) is 7.36. The molecular weight excluding hydrogens is 357 g/mol. The van der Waals surface area contributed by atoms with Gasteiger partial charge in [0.05, 0.1) is 26.2 Å². The maximum atomic E-state index is 12.3. The van der Waals surface area contributed by atoms with Gasteiger partial charge in [-0.05, 0) is 24.3 Å². The average Bonchev–Trinajstić information content (AvgIpc) is 2.49. The summed E-state index contributed by atoms with van der Waals surface area (Å²) in [7, 11) is 0. The molecule has 9 heteroatoms. The lowest BCUT2D eigenvalue weighted by atomic mass is 10.1. The van der Waals surface area contributed by atoms with Gasteiger partial charge < -0.3 is 10.6 Å². The average molecular weight is 368 g/mol. The summed E-state index contributed by atoms with van der Waals surface area (Å²) in [5.41, 5.74) is 0.466. The van der Waals surface area contributed by atoms with Crippen LogP contribution < -0.4 is 10.6 Å². The molecule has 0 bridgehead atoms. The zero-order chi connectivity index (χ0) is 17.9. The van der Waals surface area contributed by atoms with E-state index in [0.717, 1.165) is 6.07 Å². The van der Waals surface area contributed by atoms with E-state index in [2.05, 4.69) is 10.6 Å². The molecule has 0 aliphatic carbocycles. The van der Waals surface area contributed by atoms with E-state index < -0.39 is 10.8 Å². The van der Waals surface area contributed by atoms with Crippen LogP contribution in [0.15, 0.2) is 36.4 Å². The Hall–Kier alpha value is -2.64. The Bertz CT molecular complexity index is 839. The van der Waals surface area contributed by atoms with Crippen LogP contribution in [0.1, 0.15) is 17.3 Å². The van der Waals surface area contributed by atoms with Crippen LogP contribution in [0.4, 0.5) is 17.1 Å². The molecule has 2 aromatic rings. The second-order valence-electron chi connectivity index (χ2n) is 4.75. The molecule has 0 aliphatic rings. The highest BCUT2D eigenvalue weighted by Gasteiger charge is 2.16. The topological polar surface area (TPSA) is 101 Å². The van der Waals surface area contributed by atoms with Crippen molar-refractivity contribution in [1.29, 1.82) is 0 Å². The Kier molecular flexibility index (Phi) is 5.38. The molecule has 2 rings (SSSR count). The Morgan fingerprint density at radius 2 is 1.75 bits per heavy atom. The number of halogens is 2. The summed E-state index contributed by atoms with van der Waals surface area (Å²) < 4.78 is 0. The molecule has 0 unspecified atom stereocenters. The third kappa shape index (κ3) is 4.21. The fourth-order valence-corrected chi connectivity index (χ4v) is 2.31. The van der Waals surface area contributed by atoms with Gasteiger partial charge in [0.2, 0.25) is 5.91 Å². The Morgan fingerprint density at radius 3 is 2.33 bits per heavy atom. The Balaban J connectivity index is 2.24. The number of hydrogen-bond donors (Lipinski definition) is 2. The Labute approximate surface area is 146 Å². The summed E-state index contributed by atoms with van der Waals surface area (Å²) in [5, 5.41) is 16.2. The predicted octanol–water partition coefficient (Wildman–Crippen LogP) is 4.11. The molecule has 0 atom stereocenters. The van der Waals surface area contributed by atoms with E-state index in [9.17, 15) is 19.7 Å². The van der Waals surface area contributed by atoms with Gasteiger partial charge in [-0.25, -0.2) is 0 Å². The number of amides is 2. The third-order valence-corrected chi connectivity index (χ3v) is 3.59. The minimum atomic E-state index is -0.619. The molecule has 2 N–H and O–H groups in total. The fourth-order valence-electron chi connectivity index (χ4n) is 1.88. The first-order chi connectivity index (χ1) is 11.3. The Morgan fingerprint density at radius 1 is 1.04 bits per heavy atom. The molecule has 0 aromatic heterocycles. The number of nitrogens with one attached hydrogen (secondary N) is 2. The van der Waals surface area contributed by atoms with Crippen LogP contribution in [0, 0.1) is 10.1 Å². The number of nitrogens with zero attached hydrogens (tertiary/aromatic N) is 1. The molecule has 0 aliphatic heterocycles. The zero-order valence-corrected chi connectivity index (χ0v) is 13.8. The first-order valence-electron chi connectivity index (χ1n) is 6.60. The van der Waals surface area contributed by atoms with Gasteiger partial charge in [0.15, 0.2) is 0 Å². The molecule has 0 spiro atoms. The number of nitro groups is 1. The van der Waals surface area contributed by atoms with E-state index in [0.29, 0.717) is 11.4 Å². The number of non-ortho nitro benzene ring substituents is 1. The van der Waals surface area contributed by atoms with Crippen molar-refractivity contribution in [2.45, 2.75) is 6.92 Å². The second-order valence-corrected chi connectivity index (χ2v) is 5.57. The first kappa shape index (κ1) is 17.7. The van der Waals surface area contributed by atoms with Crippen LogP contribution in [-0.4, -0.2) is 16.7 Å². The quantitative estimate of drug-likeness (QED) is 0.626. The number of hydrogen-bond acceptors (Lipinski definition) is 4. The number of rotatable bonds is 4. The van der Waals surface area contributed by atoms with Crippen molar-refractivity contribution in [3.8, 4) is 0 Å². The van der Waals surface area contributed by atoms with E-state index in [4.69, 9.17) is 23.2 Å². The maximum Gasteiger partial charge on any atom is 0.270 e. The molecule has 2 amide bonds. The molecular formula is C15H11Cl2N3O4. The van der Waals surface area contributed by atoms with E-state index in [-0.39, 0.29) is 27.2 Å². The largest absolute Gasteiger partial charge is 0.325 e. The second kappa shape index (κ2) is 7.29. The SMILES string of the molecule is CC(=O)Nc1ccc(NC(=O)c2cc([N+](=O)[O-])ccc2Cl)cc1Cl. The highest BCUT2D eigenvalue weighted by Crippen LogP contribution is 2.27. The van der Waals surface area contributed by atoms with Gasteiger partial charge in [-0.1, -0.05) is 23.2 Å². The molecule has 124 valence electrons. The van der Waals surface area contributed by atoms with Gasteiger partial charge in [0, 0.05) is 24.7 Å².